The van der Waals surface area contributed by atoms with Gasteiger partial charge in [0.1, 0.15) is 6.04 Å². The van der Waals surface area contributed by atoms with E-state index in [2.05, 4.69) is 4.72 Å². The van der Waals surface area contributed by atoms with Crippen molar-refractivity contribution in [2.75, 3.05) is 33.4 Å². The van der Waals surface area contributed by atoms with E-state index in [1.54, 1.807) is 0 Å². The molecule has 0 aromatic rings. The summed E-state index contributed by atoms with van der Waals surface area (Å²) in [7, 11) is -2.08. The lowest BCUT2D eigenvalue weighted by Crippen LogP contribution is -2.43. The van der Waals surface area contributed by atoms with Gasteiger partial charge in [-0.2, -0.15) is 12.7 Å². The van der Waals surface area contributed by atoms with E-state index in [9.17, 15) is 13.2 Å². The first-order valence-electron chi connectivity index (χ1n) is 6.60. The molecule has 0 unspecified atom stereocenters. The number of carboxylic acids is 1. The predicted molar refractivity (Wildman–Crippen MR) is 73.3 cm³/mol. The van der Waals surface area contributed by atoms with Crippen molar-refractivity contribution in [2.24, 2.45) is 11.7 Å². The topological polar surface area (TPSA) is 122 Å². The monoisotopic (exact) mass is 309 g/mol. The maximum absolute atomic E-state index is 12.0. The third kappa shape index (κ3) is 5.71. The van der Waals surface area contributed by atoms with E-state index in [4.69, 9.17) is 15.6 Å². The van der Waals surface area contributed by atoms with Gasteiger partial charge in [-0.05, 0) is 25.2 Å². The van der Waals surface area contributed by atoms with Crippen LogP contribution < -0.4 is 10.5 Å². The molecule has 0 aliphatic carbocycles. The molecule has 1 aliphatic heterocycles. The molecular formula is C11H23N3O5S. The summed E-state index contributed by atoms with van der Waals surface area (Å²) in [5.41, 5.74) is 5.31. The second-order valence-corrected chi connectivity index (χ2v) is 6.83. The molecule has 4 N–H and O–H groups in total. The van der Waals surface area contributed by atoms with Gasteiger partial charge in [0.15, 0.2) is 0 Å². The molecule has 0 aromatic heterocycles. The van der Waals surface area contributed by atoms with Crippen LogP contribution in [0.3, 0.4) is 0 Å². The number of hydrogen-bond donors (Lipinski definition) is 3. The van der Waals surface area contributed by atoms with E-state index in [-0.39, 0.29) is 13.0 Å². The van der Waals surface area contributed by atoms with Crippen LogP contribution in [0.2, 0.25) is 0 Å². The van der Waals surface area contributed by atoms with E-state index in [1.807, 2.05) is 0 Å². The average Bonchev–Trinajstić information content (AvgIpc) is 2.39. The summed E-state index contributed by atoms with van der Waals surface area (Å²) in [5.74, 6) is -0.841. The van der Waals surface area contributed by atoms with Crippen molar-refractivity contribution < 1.29 is 23.1 Å². The van der Waals surface area contributed by atoms with Crippen LogP contribution in [0.15, 0.2) is 0 Å². The van der Waals surface area contributed by atoms with E-state index >= 15 is 0 Å². The minimum Gasteiger partial charge on any atom is -0.480 e. The zero-order valence-electron chi connectivity index (χ0n) is 11.6. The Kier molecular flexibility index (Phi) is 6.83. The number of rotatable bonds is 8. The first-order chi connectivity index (χ1) is 9.33. The van der Waals surface area contributed by atoms with Gasteiger partial charge in [-0.3, -0.25) is 4.79 Å². The second kappa shape index (κ2) is 7.89. The lowest BCUT2D eigenvalue weighted by Gasteiger charge is -2.26. The number of aliphatic carboxylic acids is 1. The fourth-order valence-corrected chi connectivity index (χ4v) is 2.97. The van der Waals surface area contributed by atoms with Crippen LogP contribution in [-0.4, -0.2) is 63.2 Å². The first-order valence-corrected chi connectivity index (χ1v) is 8.04. The summed E-state index contributed by atoms with van der Waals surface area (Å²) in [6.07, 6.45) is 1.76. The van der Waals surface area contributed by atoms with Gasteiger partial charge >= 0.3 is 5.97 Å². The number of ether oxygens (including phenoxy) is 1. The molecule has 0 aromatic carbocycles. The third-order valence-electron chi connectivity index (χ3n) is 3.32. The fourth-order valence-electron chi connectivity index (χ4n) is 1.97. The molecule has 0 bridgehead atoms. The molecule has 9 heteroatoms. The molecule has 0 saturated carbocycles. The van der Waals surface area contributed by atoms with Crippen LogP contribution in [0.5, 0.6) is 0 Å². The number of nitrogens with two attached hydrogens (primary N) is 1. The summed E-state index contributed by atoms with van der Waals surface area (Å²) < 4.78 is 32.7. The summed E-state index contributed by atoms with van der Waals surface area (Å²) in [6, 6.07) is -1.06. The molecule has 118 valence electrons. The largest absolute Gasteiger partial charge is 0.480 e. The maximum atomic E-state index is 12.0. The highest BCUT2D eigenvalue weighted by Gasteiger charge is 2.23. The zero-order valence-corrected chi connectivity index (χ0v) is 12.4. The summed E-state index contributed by atoms with van der Waals surface area (Å²) in [4.78, 5) is 10.5. The van der Waals surface area contributed by atoms with Crippen molar-refractivity contribution in [3.05, 3.63) is 0 Å². The zero-order chi connectivity index (χ0) is 15.2. The van der Waals surface area contributed by atoms with Crippen LogP contribution in [0.25, 0.3) is 0 Å². The van der Waals surface area contributed by atoms with E-state index in [1.165, 1.54) is 11.4 Å². The number of nitrogens with one attached hydrogen (secondary N) is 1. The molecule has 0 spiro atoms. The Balaban J connectivity index is 2.36. The number of nitrogens with zero attached hydrogens (tertiary/aromatic N) is 1. The highest BCUT2D eigenvalue weighted by Crippen LogP contribution is 2.16. The molecule has 1 saturated heterocycles. The normalized spacial score (nSPS) is 19.1. The molecule has 8 nitrogen and oxygen atoms in total. The number of carboxylic acid groups (broad SMARTS) is 1. The molecule has 20 heavy (non-hydrogen) atoms. The van der Waals surface area contributed by atoms with Crippen molar-refractivity contribution in [1.82, 2.24) is 9.03 Å². The van der Waals surface area contributed by atoms with Gasteiger partial charge in [-0.1, -0.05) is 0 Å². The molecule has 1 heterocycles. The van der Waals surface area contributed by atoms with Gasteiger partial charge in [-0.15, -0.1) is 0 Å². The van der Waals surface area contributed by atoms with Crippen LogP contribution in [-0.2, 0) is 19.7 Å². The number of hydrogen-bond acceptors (Lipinski definition) is 5. The Morgan fingerprint density at radius 3 is 2.65 bits per heavy atom. The third-order valence-corrected chi connectivity index (χ3v) is 4.86. The Morgan fingerprint density at radius 2 is 2.10 bits per heavy atom. The lowest BCUT2D eigenvalue weighted by molar-refractivity contribution is -0.138. The van der Waals surface area contributed by atoms with Crippen molar-refractivity contribution in [3.63, 3.8) is 0 Å². The Labute approximate surface area is 119 Å². The van der Waals surface area contributed by atoms with Gasteiger partial charge in [0.25, 0.3) is 10.2 Å². The maximum Gasteiger partial charge on any atom is 0.320 e. The van der Waals surface area contributed by atoms with Gasteiger partial charge in [0, 0.05) is 33.4 Å². The van der Waals surface area contributed by atoms with Gasteiger partial charge in [0.05, 0.1) is 0 Å². The molecular weight excluding hydrogens is 286 g/mol. The lowest BCUT2D eigenvalue weighted by atomic mass is 10.0. The SMILES string of the molecule is CN(CC1CCOCC1)S(=O)(=O)NCC[C@H](N)C(=O)O. The van der Waals surface area contributed by atoms with Crippen LogP contribution >= 0.6 is 0 Å². The van der Waals surface area contributed by atoms with Crippen molar-refractivity contribution in [2.45, 2.75) is 25.3 Å². The highest BCUT2D eigenvalue weighted by atomic mass is 32.2. The molecule has 1 aliphatic rings. The summed E-state index contributed by atoms with van der Waals surface area (Å²) >= 11 is 0. The van der Waals surface area contributed by atoms with Crippen LogP contribution in [0, 0.1) is 5.92 Å². The predicted octanol–water partition coefficient (Wildman–Crippen LogP) is -1.02. The molecule has 1 fully saturated rings. The van der Waals surface area contributed by atoms with Gasteiger partial charge < -0.3 is 15.6 Å². The fraction of sp³-hybridized carbons (Fsp3) is 0.909. The first kappa shape index (κ1) is 17.3. The van der Waals surface area contributed by atoms with Gasteiger partial charge in [0.2, 0.25) is 0 Å². The molecule has 0 amide bonds. The molecule has 0 radical (unpaired) electrons. The van der Waals surface area contributed by atoms with Crippen LogP contribution in [0.1, 0.15) is 19.3 Å². The Bertz CT molecular complexity index is 408. The van der Waals surface area contributed by atoms with Crippen LogP contribution in [0.4, 0.5) is 0 Å². The van der Waals surface area contributed by atoms with E-state index in [0.29, 0.717) is 25.7 Å². The van der Waals surface area contributed by atoms with Crippen molar-refractivity contribution in [3.8, 4) is 0 Å². The molecule has 1 rings (SSSR count). The van der Waals surface area contributed by atoms with Gasteiger partial charge in [-0.25, -0.2) is 4.72 Å². The highest BCUT2D eigenvalue weighted by molar-refractivity contribution is 7.87. The second-order valence-electron chi connectivity index (χ2n) is 4.97. The van der Waals surface area contributed by atoms with Crippen molar-refractivity contribution >= 4 is 16.2 Å². The summed E-state index contributed by atoms with van der Waals surface area (Å²) in [6.45, 7) is 1.77. The number of carbonyl (C=O) groups is 1. The Morgan fingerprint density at radius 1 is 1.50 bits per heavy atom. The van der Waals surface area contributed by atoms with Crippen molar-refractivity contribution in [1.29, 1.82) is 0 Å². The average molecular weight is 309 g/mol. The smallest absolute Gasteiger partial charge is 0.320 e. The summed E-state index contributed by atoms with van der Waals surface area (Å²) in [5, 5.41) is 8.61. The quantitative estimate of drug-likeness (QED) is 0.527. The minimum absolute atomic E-state index is 0.00785. The van der Waals surface area contributed by atoms with E-state index < -0.39 is 22.2 Å². The minimum atomic E-state index is -3.59. The Hall–Kier alpha value is -0.740. The standard InChI is InChI=1S/C11H23N3O5S/c1-14(8-9-3-6-19-7-4-9)20(17,18)13-5-2-10(12)11(15)16/h9-10,13H,2-8,12H2,1H3,(H,15,16)/t10-/m0/s1. The van der Waals surface area contributed by atoms with E-state index in [0.717, 1.165) is 12.8 Å². The molecule has 1 atom stereocenters.